The molecule has 4 rings (SSSR count). The topological polar surface area (TPSA) is 26.8 Å². The van der Waals surface area contributed by atoms with Crippen molar-refractivity contribution >= 4 is 18.3 Å². The summed E-state index contributed by atoms with van der Waals surface area (Å²) in [5.74, 6) is -0.0745. The van der Waals surface area contributed by atoms with Gasteiger partial charge in [0.25, 0.3) is 0 Å². The van der Waals surface area contributed by atoms with Crippen LogP contribution in [0.3, 0.4) is 0 Å². The molecular weight excluding hydrogens is 389 g/mol. The van der Waals surface area contributed by atoms with Crippen LogP contribution in [0.5, 0.6) is 0 Å². The summed E-state index contributed by atoms with van der Waals surface area (Å²) in [6.07, 6.45) is 7.20. The fourth-order valence-electron chi connectivity index (χ4n) is 5.02. The lowest BCUT2D eigenvalue weighted by molar-refractivity contribution is 0.198. The minimum atomic E-state index is -2.84. The van der Waals surface area contributed by atoms with Crippen LogP contribution in [0.4, 0.5) is 5.69 Å². The number of piperidine rings is 2. The van der Waals surface area contributed by atoms with Crippen LogP contribution >= 0.6 is 7.29 Å². The number of anilines is 1. The van der Waals surface area contributed by atoms with Gasteiger partial charge >= 0.3 is 0 Å². The van der Waals surface area contributed by atoms with Crippen molar-refractivity contribution < 1.29 is 4.57 Å². The highest BCUT2D eigenvalue weighted by atomic mass is 31.2. The van der Waals surface area contributed by atoms with Crippen molar-refractivity contribution in [2.24, 2.45) is 0 Å². The van der Waals surface area contributed by atoms with Crippen molar-refractivity contribution in [2.75, 3.05) is 45.2 Å². The monoisotopic (exact) mass is 425 g/mol. The van der Waals surface area contributed by atoms with Crippen LogP contribution in [0.15, 0.2) is 54.6 Å². The number of benzene rings is 2. The summed E-state index contributed by atoms with van der Waals surface area (Å²) in [5, 5.41) is 1.01. The third-order valence-electron chi connectivity index (χ3n) is 6.65. The summed E-state index contributed by atoms with van der Waals surface area (Å²) in [7, 11) is 1.30. The Bertz CT molecular complexity index is 840. The van der Waals surface area contributed by atoms with Gasteiger partial charge in [0, 0.05) is 38.2 Å². The van der Waals surface area contributed by atoms with Crippen molar-refractivity contribution in [1.82, 2.24) is 9.57 Å². The second kappa shape index (κ2) is 9.68. The highest BCUT2D eigenvalue weighted by Crippen LogP contribution is 2.63. The van der Waals surface area contributed by atoms with E-state index in [2.05, 4.69) is 65.0 Å². The number of hydrogen-bond acceptors (Lipinski definition) is 3. The molecule has 0 aliphatic carbocycles. The Morgan fingerprint density at radius 2 is 1.33 bits per heavy atom. The zero-order chi connectivity index (χ0) is 21.0. The van der Waals surface area contributed by atoms with Crippen molar-refractivity contribution in [3.8, 4) is 0 Å². The highest BCUT2D eigenvalue weighted by molar-refractivity contribution is 7.69. The summed E-state index contributed by atoms with van der Waals surface area (Å²) >= 11 is 0. The highest BCUT2D eigenvalue weighted by Gasteiger charge is 2.45. The van der Waals surface area contributed by atoms with Crippen molar-refractivity contribution in [3.63, 3.8) is 0 Å². The molecule has 0 aromatic heterocycles. The van der Waals surface area contributed by atoms with Crippen molar-refractivity contribution in [1.29, 1.82) is 0 Å². The Morgan fingerprint density at radius 1 is 0.767 bits per heavy atom. The third-order valence-corrected chi connectivity index (χ3v) is 10.2. The van der Waals surface area contributed by atoms with Crippen LogP contribution in [0.2, 0.25) is 0 Å². The summed E-state index contributed by atoms with van der Waals surface area (Å²) in [4.78, 5) is 4.65. The Kier molecular flexibility index (Phi) is 6.98. The fourth-order valence-corrected chi connectivity index (χ4v) is 8.66. The van der Waals surface area contributed by atoms with E-state index in [1.165, 1.54) is 36.9 Å². The van der Waals surface area contributed by atoms with Gasteiger partial charge in [0.1, 0.15) is 5.78 Å². The molecule has 0 bridgehead atoms. The van der Waals surface area contributed by atoms with Crippen LogP contribution < -0.4 is 10.2 Å². The Labute approximate surface area is 182 Å². The molecule has 2 saturated heterocycles. The standard InChI is InChI=1S/C25H36N3OP/c1-26(2)23-16-14-22(15-17-23)25(27-18-8-4-9-19-27)30(29,24-12-6-3-7-13-24)28-20-10-5-11-21-28/h3,6-7,12-17,25H,4-5,8-11,18-21H2,1-2H3/t25-,30+/m0/s1. The maximum Gasteiger partial charge on any atom is 0.199 e. The van der Waals surface area contributed by atoms with Gasteiger partial charge in [-0.2, -0.15) is 0 Å². The largest absolute Gasteiger partial charge is 0.378 e. The molecule has 0 amide bonds. The van der Waals surface area contributed by atoms with E-state index in [1.807, 2.05) is 18.2 Å². The van der Waals surface area contributed by atoms with Gasteiger partial charge in [-0.3, -0.25) is 9.46 Å². The zero-order valence-corrected chi connectivity index (χ0v) is 19.4. The average Bonchev–Trinajstić information content (AvgIpc) is 2.81. The van der Waals surface area contributed by atoms with E-state index < -0.39 is 7.29 Å². The van der Waals surface area contributed by atoms with E-state index in [0.29, 0.717) is 0 Å². The van der Waals surface area contributed by atoms with Gasteiger partial charge in [-0.1, -0.05) is 55.3 Å². The van der Waals surface area contributed by atoms with Gasteiger partial charge in [0.2, 0.25) is 0 Å². The Morgan fingerprint density at radius 3 is 1.90 bits per heavy atom. The fraction of sp³-hybridized carbons (Fsp3) is 0.520. The van der Waals surface area contributed by atoms with Crippen LogP contribution in [0.25, 0.3) is 0 Å². The molecule has 0 radical (unpaired) electrons. The van der Waals surface area contributed by atoms with E-state index in [-0.39, 0.29) is 5.78 Å². The minimum absolute atomic E-state index is 0.0745. The second-order valence-electron chi connectivity index (χ2n) is 8.93. The molecule has 4 nitrogen and oxygen atoms in total. The lowest BCUT2D eigenvalue weighted by Gasteiger charge is -2.45. The van der Waals surface area contributed by atoms with E-state index in [0.717, 1.165) is 44.3 Å². The van der Waals surface area contributed by atoms with E-state index in [4.69, 9.17) is 0 Å². The normalized spacial score (nSPS) is 21.7. The molecule has 0 unspecified atom stereocenters. The minimum Gasteiger partial charge on any atom is -0.378 e. The molecule has 0 saturated carbocycles. The summed E-state index contributed by atoms with van der Waals surface area (Å²) in [6.45, 7) is 3.94. The maximum absolute atomic E-state index is 15.3. The van der Waals surface area contributed by atoms with Crippen LogP contribution in [-0.2, 0) is 4.57 Å². The van der Waals surface area contributed by atoms with E-state index in [9.17, 15) is 0 Å². The third kappa shape index (κ3) is 4.37. The van der Waals surface area contributed by atoms with Crippen molar-refractivity contribution in [3.05, 3.63) is 60.2 Å². The Hall–Kier alpha value is -1.61. The number of rotatable bonds is 6. The van der Waals surface area contributed by atoms with Crippen LogP contribution in [0.1, 0.15) is 49.9 Å². The molecule has 2 aliphatic rings. The van der Waals surface area contributed by atoms with Gasteiger partial charge < -0.3 is 4.90 Å². The molecular formula is C25H36N3OP. The molecule has 5 heteroatoms. The quantitative estimate of drug-likeness (QED) is 0.585. The van der Waals surface area contributed by atoms with Gasteiger partial charge in [0.05, 0.1) is 0 Å². The van der Waals surface area contributed by atoms with Gasteiger partial charge in [-0.25, -0.2) is 4.67 Å². The first-order valence-corrected chi connectivity index (χ1v) is 13.3. The number of likely N-dealkylation sites (tertiary alicyclic amines) is 1. The lowest BCUT2D eigenvalue weighted by atomic mass is 10.1. The maximum atomic E-state index is 15.3. The average molecular weight is 426 g/mol. The molecule has 2 heterocycles. The van der Waals surface area contributed by atoms with Gasteiger partial charge in [0.15, 0.2) is 7.29 Å². The van der Waals surface area contributed by atoms with Gasteiger partial charge in [-0.15, -0.1) is 0 Å². The summed E-state index contributed by atoms with van der Waals surface area (Å²) < 4.78 is 17.6. The summed E-state index contributed by atoms with van der Waals surface area (Å²) in [6, 6.07) is 19.1. The van der Waals surface area contributed by atoms with E-state index >= 15 is 4.57 Å². The first-order valence-electron chi connectivity index (χ1n) is 11.5. The molecule has 2 atom stereocenters. The second-order valence-corrected chi connectivity index (χ2v) is 11.7. The lowest BCUT2D eigenvalue weighted by Crippen LogP contribution is -2.41. The molecule has 2 aliphatic heterocycles. The molecule has 30 heavy (non-hydrogen) atoms. The predicted octanol–water partition coefficient (Wildman–Crippen LogP) is 5.33. The SMILES string of the molecule is CN(C)c1ccc([C@@H](N2CCCCC2)[P@](=O)(c2ccccc2)N2CCCCC2)cc1. The Balaban J connectivity index is 1.83. The first kappa shape index (κ1) is 21.6. The molecule has 2 aromatic carbocycles. The molecule has 162 valence electrons. The number of hydrogen-bond donors (Lipinski definition) is 0. The van der Waals surface area contributed by atoms with Crippen LogP contribution in [0, 0.1) is 0 Å². The number of nitrogens with zero attached hydrogens (tertiary/aromatic N) is 3. The predicted molar refractivity (Wildman–Crippen MR) is 128 cm³/mol. The van der Waals surface area contributed by atoms with Crippen molar-refractivity contribution in [2.45, 2.75) is 44.3 Å². The zero-order valence-electron chi connectivity index (χ0n) is 18.5. The molecule has 0 N–H and O–H groups in total. The van der Waals surface area contributed by atoms with Crippen LogP contribution in [-0.4, -0.2) is 49.8 Å². The smallest absolute Gasteiger partial charge is 0.199 e. The summed E-state index contributed by atoms with van der Waals surface area (Å²) in [5.41, 5.74) is 2.38. The molecule has 2 aromatic rings. The molecule has 0 spiro atoms. The molecule has 2 fully saturated rings. The van der Waals surface area contributed by atoms with E-state index in [1.54, 1.807) is 0 Å². The first-order chi connectivity index (χ1) is 14.6. The van der Waals surface area contributed by atoms with Gasteiger partial charge in [-0.05, 0) is 56.5 Å².